The molecule has 0 atom stereocenters. The van der Waals surface area contributed by atoms with Crippen LogP contribution < -0.4 is 0 Å². The van der Waals surface area contributed by atoms with Gasteiger partial charge < -0.3 is 0 Å². The summed E-state index contributed by atoms with van der Waals surface area (Å²) in [6.07, 6.45) is 0. The maximum Gasteiger partial charge on any atom is 0.0679 e. The van der Waals surface area contributed by atoms with E-state index >= 15 is 0 Å². The average Bonchev–Trinajstić information content (AvgIpc) is 2.77. The fourth-order valence-corrected chi connectivity index (χ4v) is 3.05. The van der Waals surface area contributed by atoms with Gasteiger partial charge in [0.1, 0.15) is 0 Å². The second kappa shape index (κ2) is 5.96. The second-order valence-corrected chi connectivity index (χ2v) is 6.32. The van der Waals surface area contributed by atoms with Crippen molar-refractivity contribution >= 4 is 34.8 Å². The third-order valence-corrected chi connectivity index (χ3v) is 4.53. The van der Waals surface area contributed by atoms with E-state index < -0.39 is 0 Å². The predicted molar refractivity (Wildman–Crippen MR) is 93.5 cm³/mol. The van der Waals surface area contributed by atoms with Crippen molar-refractivity contribution in [2.45, 2.75) is 13.8 Å². The minimum Gasteiger partial charge on any atom is -0.237 e. The molecule has 2 aromatic carbocycles. The van der Waals surface area contributed by atoms with Crippen molar-refractivity contribution < 1.29 is 0 Å². The zero-order chi connectivity index (χ0) is 15.9. The first-order chi connectivity index (χ1) is 10.5. The lowest BCUT2D eigenvalue weighted by atomic mass is 10.0. The standard InChI is InChI=1S/C17H13Cl3N2/c1-10-17(12-6-7-15(19)16(20)8-12)11(2)22(21-10)14-5-3-4-13(18)9-14/h3-9H,1-2H3. The quantitative estimate of drug-likeness (QED) is 0.544. The molecule has 0 saturated heterocycles. The number of aromatic nitrogens is 2. The summed E-state index contributed by atoms with van der Waals surface area (Å²) in [4.78, 5) is 0. The second-order valence-electron chi connectivity index (χ2n) is 5.07. The van der Waals surface area contributed by atoms with Gasteiger partial charge in [0.2, 0.25) is 0 Å². The van der Waals surface area contributed by atoms with Gasteiger partial charge in [0.05, 0.1) is 21.4 Å². The van der Waals surface area contributed by atoms with Gasteiger partial charge in [0.15, 0.2) is 0 Å². The van der Waals surface area contributed by atoms with Crippen molar-refractivity contribution in [3.63, 3.8) is 0 Å². The summed E-state index contributed by atoms with van der Waals surface area (Å²) in [5.41, 5.74) is 4.93. The Morgan fingerprint density at radius 3 is 2.36 bits per heavy atom. The molecule has 0 saturated carbocycles. The maximum absolute atomic E-state index is 6.14. The number of nitrogens with zero attached hydrogens (tertiary/aromatic N) is 2. The van der Waals surface area contributed by atoms with Gasteiger partial charge in [0, 0.05) is 16.3 Å². The summed E-state index contributed by atoms with van der Waals surface area (Å²) < 4.78 is 1.89. The predicted octanol–water partition coefficient (Wildman–Crippen LogP) is 6.12. The van der Waals surface area contributed by atoms with Crippen molar-refractivity contribution in [1.29, 1.82) is 0 Å². The van der Waals surface area contributed by atoms with Crippen LogP contribution in [-0.4, -0.2) is 9.78 Å². The highest BCUT2D eigenvalue weighted by atomic mass is 35.5. The molecule has 0 N–H and O–H groups in total. The Labute approximate surface area is 144 Å². The molecule has 0 bridgehead atoms. The molecule has 112 valence electrons. The average molecular weight is 352 g/mol. The summed E-state index contributed by atoms with van der Waals surface area (Å²) in [5, 5.41) is 6.39. The van der Waals surface area contributed by atoms with Crippen LogP contribution in [0.15, 0.2) is 42.5 Å². The van der Waals surface area contributed by atoms with Crippen LogP contribution >= 0.6 is 34.8 Å². The molecule has 1 aromatic heterocycles. The lowest BCUT2D eigenvalue weighted by molar-refractivity contribution is 0.834. The highest BCUT2D eigenvalue weighted by Gasteiger charge is 2.15. The molecule has 5 heteroatoms. The van der Waals surface area contributed by atoms with Crippen LogP contribution in [0.3, 0.4) is 0 Å². The van der Waals surface area contributed by atoms with Crippen LogP contribution in [0, 0.1) is 13.8 Å². The fourth-order valence-electron chi connectivity index (χ4n) is 2.57. The smallest absolute Gasteiger partial charge is 0.0679 e. The van der Waals surface area contributed by atoms with E-state index in [0.717, 1.165) is 28.2 Å². The normalized spacial score (nSPS) is 11.0. The molecule has 0 amide bonds. The topological polar surface area (TPSA) is 17.8 Å². The SMILES string of the molecule is Cc1nn(-c2cccc(Cl)c2)c(C)c1-c1ccc(Cl)c(Cl)c1. The van der Waals surface area contributed by atoms with Gasteiger partial charge in [-0.25, -0.2) is 4.68 Å². The van der Waals surface area contributed by atoms with Gasteiger partial charge in [-0.15, -0.1) is 0 Å². The van der Waals surface area contributed by atoms with E-state index in [1.807, 2.05) is 54.9 Å². The number of rotatable bonds is 2. The maximum atomic E-state index is 6.14. The highest BCUT2D eigenvalue weighted by Crippen LogP contribution is 2.33. The molecular formula is C17H13Cl3N2. The summed E-state index contributed by atoms with van der Waals surface area (Å²) >= 11 is 18.2. The zero-order valence-corrected chi connectivity index (χ0v) is 14.3. The molecule has 0 aliphatic carbocycles. The van der Waals surface area contributed by atoms with Gasteiger partial charge in [-0.3, -0.25) is 0 Å². The Hall–Kier alpha value is -1.48. The Balaban J connectivity index is 2.16. The molecule has 0 spiro atoms. The molecule has 0 aliphatic heterocycles. The molecule has 22 heavy (non-hydrogen) atoms. The van der Waals surface area contributed by atoms with Crippen molar-refractivity contribution in [2.24, 2.45) is 0 Å². The van der Waals surface area contributed by atoms with E-state index in [1.165, 1.54) is 0 Å². The first-order valence-electron chi connectivity index (χ1n) is 6.75. The Kier molecular flexibility index (Phi) is 4.18. The van der Waals surface area contributed by atoms with Crippen LogP contribution in [-0.2, 0) is 0 Å². The first-order valence-corrected chi connectivity index (χ1v) is 7.88. The number of aryl methyl sites for hydroxylation is 1. The molecule has 3 aromatic rings. The van der Waals surface area contributed by atoms with Crippen LogP contribution in [0.25, 0.3) is 16.8 Å². The minimum absolute atomic E-state index is 0.536. The fraction of sp³-hybridized carbons (Fsp3) is 0.118. The number of hydrogen-bond donors (Lipinski definition) is 0. The van der Waals surface area contributed by atoms with E-state index in [2.05, 4.69) is 5.10 Å². The Morgan fingerprint density at radius 2 is 1.68 bits per heavy atom. The molecule has 0 unspecified atom stereocenters. The van der Waals surface area contributed by atoms with Gasteiger partial charge >= 0.3 is 0 Å². The molecule has 0 aliphatic rings. The number of halogens is 3. The van der Waals surface area contributed by atoms with Crippen molar-refractivity contribution in [3.8, 4) is 16.8 Å². The monoisotopic (exact) mass is 350 g/mol. The molecule has 3 rings (SSSR count). The molecule has 0 fully saturated rings. The lowest BCUT2D eigenvalue weighted by Gasteiger charge is -2.07. The van der Waals surface area contributed by atoms with Gasteiger partial charge in [-0.05, 0) is 49.7 Å². The Bertz CT molecular complexity index is 853. The number of hydrogen-bond acceptors (Lipinski definition) is 1. The summed E-state index contributed by atoms with van der Waals surface area (Å²) in [5.74, 6) is 0. The van der Waals surface area contributed by atoms with Crippen LogP contribution in [0.1, 0.15) is 11.4 Å². The van der Waals surface area contributed by atoms with E-state index in [0.29, 0.717) is 15.1 Å². The van der Waals surface area contributed by atoms with E-state index in [1.54, 1.807) is 6.07 Å². The number of benzene rings is 2. The van der Waals surface area contributed by atoms with Gasteiger partial charge in [-0.2, -0.15) is 5.10 Å². The summed E-state index contributed by atoms with van der Waals surface area (Å²) in [6, 6.07) is 13.2. The van der Waals surface area contributed by atoms with Crippen molar-refractivity contribution in [2.75, 3.05) is 0 Å². The lowest BCUT2D eigenvalue weighted by Crippen LogP contribution is -1.98. The van der Waals surface area contributed by atoms with Gasteiger partial charge in [-0.1, -0.05) is 46.9 Å². The molecule has 1 heterocycles. The van der Waals surface area contributed by atoms with Gasteiger partial charge in [0.25, 0.3) is 0 Å². The van der Waals surface area contributed by atoms with Crippen LogP contribution in [0.2, 0.25) is 15.1 Å². The van der Waals surface area contributed by atoms with Crippen molar-refractivity contribution in [1.82, 2.24) is 9.78 Å². The third-order valence-electron chi connectivity index (χ3n) is 3.55. The largest absolute Gasteiger partial charge is 0.237 e. The summed E-state index contributed by atoms with van der Waals surface area (Å²) in [6.45, 7) is 4.00. The highest BCUT2D eigenvalue weighted by molar-refractivity contribution is 6.42. The summed E-state index contributed by atoms with van der Waals surface area (Å²) in [7, 11) is 0. The molecule has 2 nitrogen and oxygen atoms in total. The minimum atomic E-state index is 0.536. The van der Waals surface area contributed by atoms with Crippen molar-refractivity contribution in [3.05, 3.63) is 68.9 Å². The van der Waals surface area contributed by atoms with Crippen LogP contribution in [0.5, 0.6) is 0 Å². The molecule has 0 radical (unpaired) electrons. The van der Waals surface area contributed by atoms with E-state index in [4.69, 9.17) is 34.8 Å². The Morgan fingerprint density at radius 1 is 0.909 bits per heavy atom. The van der Waals surface area contributed by atoms with Crippen LogP contribution in [0.4, 0.5) is 0 Å². The zero-order valence-electron chi connectivity index (χ0n) is 12.1. The first kappa shape index (κ1) is 15.4. The third kappa shape index (κ3) is 2.74. The van der Waals surface area contributed by atoms with E-state index in [-0.39, 0.29) is 0 Å². The molecular weight excluding hydrogens is 339 g/mol. The van der Waals surface area contributed by atoms with E-state index in [9.17, 15) is 0 Å².